The van der Waals surface area contributed by atoms with Gasteiger partial charge in [-0.25, -0.2) is 4.98 Å². The van der Waals surface area contributed by atoms with Crippen molar-refractivity contribution in [1.29, 1.82) is 0 Å². The van der Waals surface area contributed by atoms with E-state index in [0.29, 0.717) is 16.5 Å². The van der Waals surface area contributed by atoms with Gasteiger partial charge in [-0.15, -0.1) is 0 Å². The van der Waals surface area contributed by atoms with Crippen LogP contribution in [0.2, 0.25) is 0 Å². The number of hydrogen-bond donors (Lipinski definition) is 1. The third kappa shape index (κ3) is 3.94. The van der Waals surface area contributed by atoms with E-state index < -0.39 is 12.6 Å². The van der Waals surface area contributed by atoms with Crippen LogP contribution in [-0.2, 0) is 4.79 Å². The fourth-order valence-corrected chi connectivity index (χ4v) is 2.48. The van der Waals surface area contributed by atoms with Crippen LogP contribution >= 0.6 is 11.8 Å². The summed E-state index contributed by atoms with van der Waals surface area (Å²) in [6, 6.07) is 6.27. The number of thioether (sulfide) groups is 1. The van der Waals surface area contributed by atoms with Crippen molar-refractivity contribution < 1.29 is 23.4 Å². The molecule has 1 aromatic carbocycles. The molecule has 1 heterocycles. The van der Waals surface area contributed by atoms with E-state index in [4.69, 9.17) is 5.11 Å². The highest BCUT2D eigenvalue weighted by molar-refractivity contribution is 7.99. The third-order valence-corrected chi connectivity index (χ3v) is 3.40. The first-order valence-corrected chi connectivity index (χ1v) is 6.90. The van der Waals surface area contributed by atoms with Gasteiger partial charge >= 0.3 is 12.6 Å². The molecule has 0 fully saturated rings. The summed E-state index contributed by atoms with van der Waals surface area (Å²) in [4.78, 5) is 14.9. The Morgan fingerprint density at radius 3 is 2.86 bits per heavy atom. The minimum Gasteiger partial charge on any atom is -0.481 e. The van der Waals surface area contributed by atoms with Crippen molar-refractivity contribution in [2.45, 2.75) is 18.7 Å². The Kier molecular flexibility index (Phi) is 4.79. The van der Waals surface area contributed by atoms with Crippen LogP contribution in [0.15, 0.2) is 35.6 Å². The lowest BCUT2D eigenvalue weighted by molar-refractivity contribution is -0.133. The Morgan fingerprint density at radius 2 is 2.19 bits per heavy atom. The fourth-order valence-electron chi connectivity index (χ4n) is 1.73. The molecule has 0 unspecified atom stereocenters. The van der Waals surface area contributed by atoms with Gasteiger partial charge in [0.25, 0.3) is 0 Å². The molecule has 0 aliphatic rings. The number of imidazole rings is 1. The van der Waals surface area contributed by atoms with Crippen molar-refractivity contribution >= 4 is 17.7 Å². The monoisotopic (exact) mass is 314 g/mol. The van der Waals surface area contributed by atoms with E-state index >= 15 is 0 Å². The number of aryl methyl sites for hydroxylation is 1. The van der Waals surface area contributed by atoms with Gasteiger partial charge in [0.15, 0.2) is 5.16 Å². The van der Waals surface area contributed by atoms with Gasteiger partial charge in [0, 0.05) is 6.20 Å². The number of halogens is 2. The molecule has 0 bridgehead atoms. The average Bonchev–Trinajstić information content (AvgIpc) is 2.77. The smallest absolute Gasteiger partial charge is 0.387 e. The third-order valence-electron chi connectivity index (χ3n) is 2.46. The van der Waals surface area contributed by atoms with E-state index in [1.165, 1.54) is 6.07 Å². The number of carboxylic acid groups (broad SMARTS) is 1. The highest BCUT2D eigenvalue weighted by atomic mass is 32.2. The number of alkyl halides is 2. The second-order valence-electron chi connectivity index (χ2n) is 4.06. The number of carbonyl (C=O) groups is 1. The van der Waals surface area contributed by atoms with Crippen molar-refractivity contribution in [2.75, 3.05) is 5.75 Å². The highest BCUT2D eigenvalue weighted by Crippen LogP contribution is 2.29. The quantitative estimate of drug-likeness (QED) is 0.831. The fraction of sp³-hybridized carbons (Fsp3) is 0.231. The summed E-state index contributed by atoms with van der Waals surface area (Å²) in [5, 5.41) is 9.14. The van der Waals surface area contributed by atoms with Gasteiger partial charge in [-0.1, -0.05) is 23.9 Å². The van der Waals surface area contributed by atoms with Gasteiger partial charge < -0.3 is 9.84 Å². The number of aromatic nitrogens is 2. The number of rotatable bonds is 6. The molecule has 1 aromatic heterocycles. The molecule has 8 heteroatoms. The van der Waals surface area contributed by atoms with E-state index in [1.807, 2.05) is 0 Å². The van der Waals surface area contributed by atoms with Crippen LogP contribution in [0.4, 0.5) is 8.78 Å². The van der Waals surface area contributed by atoms with Gasteiger partial charge in [-0.2, -0.15) is 8.78 Å². The van der Waals surface area contributed by atoms with Crippen LogP contribution in [-0.4, -0.2) is 33.0 Å². The molecule has 0 radical (unpaired) electrons. The molecule has 2 rings (SSSR count). The first kappa shape index (κ1) is 15.3. The van der Waals surface area contributed by atoms with E-state index in [0.717, 1.165) is 11.8 Å². The summed E-state index contributed by atoms with van der Waals surface area (Å²) in [5.41, 5.74) is 1.03. The summed E-state index contributed by atoms with van der Waals surface area (Å²) in [6.07, 6.45) is 1.64. The lowest BCUT2D eigenvalue weighted by atomic mass is 10.3. The number of benzene rings is 1. The van der Waals surface area contributed by atoms with Gasteiger partial charge in [0.05, 0.1) is 17.1 Å². The maximum atomic E-state index is 12.4. The predicted octanol–water partition coefficient (Wildman–Crippen LogP) is 2.96. The summed E-state index contributed by atoms with van der Waals surface area (Å²) < 4.78 is 30.9. The van der Waals surface area contributed by atoms with Crippen LogP contribution in [0.3, 0.4) is 0 Å². The zero-order valence-corrected chi connectivity index (χ0v) is 11.8. The molecule has 112 valence electrons. The van der Waals surface area contributed by atoms with Crippen molar-refractivity contribution in [3.05, 3.63) is 36.2 Å². The average molecular weight is 314 g/mol. The second-order valence-corrected chi connectivity index (χ2v) is 5.01. The molecule has 0 aliphatic heterocycles. The number of para-hydroxylation sites is 2. The topological polar surface area (TPSA) is 64.3 Å². The minimum atomic E-state index is -2.94. The summed E-state index contributed by atoms with van der Waals surface area (Å²) >= 11 is 1.01. The van der Waals surface area contributed by atoms with Crippen molar-refractivity contribution in [2.24, 2.45) is 0 Å². The lowest BCUT2D eigenvalue weighted by Gasteiger charge is -2.12. The normalized spacial score (nSPS) is 10.9. The molecule has 5 nitrogen and oxygen atoms in total. The van der Waals surface area contributed by atoms with Crippen molar-refractivity contribution in [3.63, 3.8) is 0 Å². The molecule has 0 spiro atoms. The van der Waals surface area contributed by atoms with Gasteiger partial charge in [-0.05, 0) is 19.1 Å². The van der Waals surface area contributed by atoms with Crippen molar-refractivity contribution in [3.8, 4) is 11.4 Å². The first-order valence-electron chi connectivity index (χ1n) is 5.92. The predicted molar refractivity (Wildman–Crippen MR) is 73.3 cm³/mol. The number of aliphatic carboxylic acids is 1. The Morgan fingerprint density at radius 1 is 1.48 bits per heavy atom. The summed E-state index contributed by atoms with van der Waals surface area (Å²) in [7, 11) is 0. The summed E-state index contributed by atoms with van der Waals surface area (Å²) in [6.45, 7) is -1.20. The van der Waals surface area contributed by atoms with Crippen molar-refractivity contribution in [1.82, 2.24) is 9.55 Å². The van der Waals surface area contributed by atoms with Crippen LogP contribution in [0.25, 0.3) is 5.69 Å². The molecule has 0 atom stereocenters. The Balaban J connectivity index is 2.39. The highest BCUT2D eigenvalue weighted by Gasteiger charge is 2.15. The molecular formula is C13H12F2N2O3S. The molecule has 0 saturated heterocycles. The molecular weight excluding hydrogens is 302 g/mol. The number of hydrogen-bond acceptors (Lipinski definition) is 4. The number of ether oxygens (including phenoxy) is 1. The van der Waals surface area contributed by atoms with Crippen LogP contribution in [0.5, 0.6) is 5.75 Å². The van der Waals surface area contributed by atoms with Gasteiger partial charge in [-0.3, -0.25) is 9.36 Å². The van der Waals surface area contributed by atoms with Crippen LogP contribution < -0.4 is 4.74 Å². The maximum absolute atomic E-state index is 12.4. The lowest BCUT2D eigenvalue weighted by Crippen LogP contribution is -2.07. The molecule has 0 amide bonds. The minimum absolute atomic E-state index is 0.00192. The molecule has 1 N–H and O–H groups in total. The zero-order valence-electron chi connectivity index (χ0n) is 11.0. The maximum Gasteiger partial charge on any atom is 0.387 e. The molecule has 2 aromatic rings. The van der Waals surface area contributed by atoms with Crippen LogP contribution in [0.1, 0.15) is 5.69 Å². The van der Waals surface area contributed by atoms with Gasteiger partial charge in [0.2, 0.25) is 0 Å². The number of nitrogens with zero attached hydrogens (tertiary/aromatic N) is 2. The summed E-state index contributed by atoms with van der Waals surface area (Å²) in [5.74, 6) is -1.15. The van der Waals surface area contributed by atoms with E-state index in [-0.39, 0.29) is 11.5 Å². The Labute approximate surface area is 123 Å². The van der Waals surface area contributed by atoms with E-state index in [2.05, 4.69) is 9.72 Å². The molecule has 0 saturated carbocycles. The Hall–Kier alpha value is -2.09. The second kappa shape index (κ2) is 6.57. The molecule has 21 heavy (non-hydrogen) atoms. The SMILES string of the molecule is Cc1cn(-c2ccccc2OC(F)F)c(SCC(=O)O)n1. The number of carboxylic acids is 1. The van der Waals surface area contributed by atoms with E-state index in [9.17, 15) is 13.6 Å². The zero-order chi connectivity index (χ0) is 15.4. The van der Waals surface area contributed by atoms with Crippen LogP contribution in [0, 0.1) is 6.92 Å². The first-order chi connectivity index (χ1) is 9.97. The van der Waals surface area contributed by atoms with Gasteiger partial charge in [0.1, 0.15) is 5.75 Å². The largest absolute Gasteiger partial charge is 0.481 e. The van der Waals surface area contributed by atoms with E-state index in [1.54, 1.807) is 35.9 Å². The molecule has 0 aliphatic carbocycles. The standard InChI is InChI=1S/C13H12F2N2O3S/c1-8-6-17(13(16-8)21-7-11(18)19)9-4-2-3-5-10(9)20-12(14)15/h2-6,12H,7H2,1H3,(H,18,19). The Bertz CT molecular complexity index is 646.